The van der Waals surface area contributed by atoms with Gasteiger partial charge in [0, 0.05) is 50.2 Å². The molecule has 1 saturated heterocycles. The first-order valence-corrected chi connectivity index (χ1v) is 8.43. The number of aromatic nitrogens is 4. The van der Waals surface area contributed by atoms with Crippen LogP contribution in [0.5, 0.6) is 0 Å². The van der Waals surface area contributed by atoms with Gasteiger partial charge in [-0.25, -0.2) is 4.98 Å². The highest BCUT2D eigenvalue weighted by atomic mass is 16.1. The fraction of sp³-hybridized carbons (Fsp3) is 0.529. The molecule has 0 radical (unpaired) electrons. The van der Waals surface area contributed by atoms with Crippen molar-refractivity contribution >= 4 is 11.7 Å². The van der Waals surface area contributed by atoms with Crippen LogP contribution in [0.4, 0.5) is 5.82 Å². The molecule has 3 rings (SSSR count). The van der Waals surface area contributed by atoms with Gasteiger partial charge in [0.05, 0.1) is 11.9 Å². The summed E-state index contributed by atoms with van der Waals surface area (Å²) in [6.07, 6.45) is 7.63. The predicted molar refractivity (Wildman–Crippen MR) is 91.7 cm³/mol. The summed E-state index contributed by atoms with van der Waals surface area (Å²) in [5.41, 5.74) is 2.08. The van der Waals surface area contributed by atoms with Crippen molar-refractivity contribution < 1.29 is 4.79 Å². The van der Waals surface area contributed by atoms with Crippen molar-refractivity contribution in [2.45, 2.75) is 45.7 Å². The molecule has 3 heterocycles. The Hall–Kier alpha value is -2.44. The number of aryl methyl sites for hydroxylation is 3. The zero-order valence-corrected chi connectivity index (χ0v) is 14.3. The molecule has 0 saturated carbocycles. The van der Waals surface area contributed by atoms with E-state index in [-0.39, 0.29) is 11.9 Å². The fourth-order valence-corrected chi connectivity index (χ4v) is 3.17. The van der Waals surface area contributed by atoms with E-state index >= 15 is 0 Å². The van der Waals surface area contributed by atoms with Gasteiger partial charge in [0.25, 0.3) is 0 Å². The number of nitrogens with one attached hydrogen (secondary N) is 1. The van der Waals surface area contributed by atoms with Crippen molar-refractivity contribution in [3.05, 3.63) is 36.0 Å². The lowest BCUT2D eigenvalue weighted by Crippen LogP contribution is -2.48. The molecule has 1 atom stereocenters. The molecule has 0 aliphatic carbocycles. The van der Waals surface area contributed by atoms with Crippen LogP contribution in [0.25, 0.3) is 0 Å². The van der Waals surface area contributed by atoms with E-state index in [2.05, 4.69) is 25.3 Å². The molecule has 0 spiro atoms. The van der Waals surface area contributed by atoms with Crippen LogP contribution in [-0.4, -0.2) is 44.8 Å². The van der Waals surface area contributed by atoms with Gasteiger partial charge < -0.3 is 10.2 Å². The second kappa shape index (κ2) is 7.42. The minimum Gasteiger partial charge on any atom is -0.353 e. The molecule has 128 valence electrons. The second-order valence-electron chi connectivity index (χ2n) is 6.32. The SMILES string of the molecule is Cc1cc(C)n(CCC(=O)N[C@H]2CCCN(c3cnccn3)C2)n1. The summed E-state index contributed by atoms with van der Waals surface area (Å²) in [7, 11) is 0. The molecule has 1 N–H and O–H groups in total. The molecule has 0 aromatic carbocycles. The molecule has 1 aliphatic heterocycles. The number of amides is 1. The van der Waals surface area contributed by atoms with Crippen molar-refractivity contribution in [1.82, 2.24) is 25.1 Å². The van der Waals surface area contributed by atoms with Gasteiger partial charge in [0.15, 0.2) is 0 Å². The second-order valence-corrected chi connectivity index (χ2v) is 6.32. The third-order valence-corrected chi connectivity index (χ3v) is 4.31. The maximum Gasteiger partial charge on any atom is 0.222 e. The number of hydrogen-bond acceptors (Lipinski definition) is 5. The molecule has 2 aromatic heterocycles. The van der Waals surface area contributed by atoms with Gasteiger partial charge in [0.1, 0.15) is 5.82 Å². The Morgan fingerprint density at radius 3 is 2.96 bits per heavy atom. The Morgan fingerprint density at radius 2 is 2.25 bits per heavy atom. The number of carbonyl (C=O) groups excluding carboxylic acids is 1. The summed E-state index contributed by atoms with van der Waals surface area (Å²) in [5.74, 6) is 0.952. The number of piperidine rings is 1. The van der Waals surface area contributed by atoms with Gasteiger partial charge in [-0.05, 0) is 32.8 Å². The van der Waals surface area contributed by atoms with Gasteiger partial charge in [-0.2, -0.15) is 5.10 Å². The van der Waals surface area contributed by atoms with Crippen molar-refractivity contribution in [3.8, 4) is 0 Å². The van der Waals surface area contributed by atoms with Crippen LogP contribution in [0.1, 0.15) is 30.7 Å². The minimum absolute atomic E-state index is 0.0774. The molecule has 7 heteroatoms. The summed E-state index contributed by atoms with van der Waals surface area (Å²) >= 11 is 0. The van der Waals surface area contributed by atoms with Crippen LogP contribution in [0.3, 0.4) is 0 Å². The molecule has 1 aliphatic rings. The molecule has 1 amide bonds. The highest BCUT2D eigenvalue weighted by molar-refractivity contribution is 5.76. The summed E-state index contributed by atoms with van der Waals surface area (Å²) in [4.78, 5) is 22.9. The Balaban J connectivity index is 1.50. The van der Waals surface area contributed by atoms with Crippen molar-refractivity contribution in [2.75, 3.05) is 18.0 Å². The van der Waals surface area contributed by atoms with Gasteiger partial charge >= 0.3 is 0 Å². The maximum atomic E-state index is 12.2. The number of anilines is 1. The molecule has 24 heavy (non-hydrogen) atoms. The van der Waals surface area contributed by atoms with Crippen LogP contribution < -0.4 is 10.2 Å². The zero-order valence-electron chi connectivity index (χ0n) is 14.3. The molecule has 7 nitrogen and oxygen atoms in total. The van der Waals surface area contributed by atoms with E-state index < -0.39 is 0 Å². The number of carbonyl (C=O) groups is 1. The van der Waals surface area contributed by atoms with Gasteiger partial charge in [-0.15, -0.1) is 0 Å². The lowest BCUT2D eigenvalue weighted by Gasteiger charge is -2.33. The number of hydrogen-bond donors (Lipinski definition) is 1. The monoisotopic (exact) mass is 328 g/mol. The van der Waals surface area contributed by atoms with Crippen LogP contribution >= 0.6 is 0 Å². The summed E-state index contributed by atoms with van der Waals surface area (Å²) in [6, 6.07) is 2.19. The average Bonchev–Trinajstić information content (AvgIpc) is 2.91. The lowest BCUT2D eigenvalue weighted by molar-refractivity contribution is -0.122. The predicted octanol–water partition coefficient (Wildman–Crippen LogP) is 1.47. The standard InChI is InChI=1S/C17H24N6O/c1-13-10-14(2)23(21-13)9-5-17(24)20-15-4-3-8-22(12-15)16-11-18-6-7-19-16/h6-7,10-11,15H,3-5,8-9,12H2,1-2H3,(H,20,24)/t15-/m0/s1. The molecular formula is C17H24N6O. The van der Waals surface area contributed by atoms with E-state index in [4.69, 9.17) is 0 Å². The van der Waals surface area contributed by atoms with E-state index in [9.17, 15) is 4.79 Å². The first-order valence-electron chi connectivity index (χ1n) is 8.43. The number of rotatable bonds is 5. The minimum atomic E-state index is 0.0774. The van der Waals surface area contributed by atoms with Gasteiger partial charge in [-0.3, -0.25) is 14.5 Å². The maximum absolute atomic E-state index is 12.2. The molecule has 0 unspecified atom stereocenters. The van der Waals surface area contributed by atoms with E-state index in [1.54, 1.807) is 18.6 Å². The summed E-state index contributed by atoms with van der Waals surface area (Å²) in [6.45, 7) is 6.33. The topological polar surface area (TPSA) is 75.9 Å². The van der Waals surface area contributed by atoms with Crippen LogP contribution in [0.15, 0.2) is 24.7 Å². The molecule has 0 bridgehead atoms. The first-order chi connectivity index (χ1) is 11.6. The fourth-order valence-electron chi connectivity index (χ4n) is 3.17. The Bertz CT molecular complexity index is 684. The van der Waals surface area contributed by atoms with Crippen LogP contribution in [0.2, 0.25) is 0 Å². The quantitative estimate of drug-likeness (QED) is 0.899. The van der Waals surface area contributed by atoms with E-state index in [0.717, 1.165) is 43.1 Å². The Labute approximate surface area is 142 Å². The van der Waals surface area contributed by atoms with E-state index in [1.807, 2.05) is 24.6 Å². The zero-order chi connectivity index (χ0) is 16.9. The first kappa shape index (κ1) is 16.4. The van der Waals surface area contributed by atoms with E-state index in [0.29, 0.717) is 13.0 Å². The highest BCUT2D eigenvalue weighted by Crippen LogP contribution is 2.16. The molecular weight excluding hydrogens is 304 g/mol. The number of nitrogens with zero attached hydrogens (tertiary/aromatic N) is 5. The van der Waals surface area contributed by atoms with Crippen molar-refractivity contribution in [1.29, 1.82) is 0 Å². The third kappa shape index (κ3) is 4.10. The van der Waals surface area contributed by atoms with Crippen LogP contribution in [-0.2, 0) is 11.3 Å². The normalized spacial score (nSPS) is 17.8. The Kier molecular flexibility index (Phi) is 5.08. The Morgan fingerprint density at radius 1 is 1.38 bits per heavy atom. The van der Waals surface area contributed by atoms with Gasteiger partial charge in [-0.1, -0.05) is 0 Å². The summed E-state index contributed by atoms with van der Waals surface area (Å²) < 4.78 is 1.89. The smallest absolute Gasteiger partial charge is 0.222 e. The molecule has 1 fully saturated rings. The lowest BCUT2D eigenvalue weighted by atomic mass is 10.1. The van der Waals surface area contributed by atoms with Crippen molar-refractivity contribution in [2.24, 2.45) is 0 Å². The molecule has 2 aromatic rings. The van der Waals surface area contributed by atoms with Gasteiger partial charge in [0.2, 0.25) is 5.91 Å². The third-order valence-electron chi connectivity index (χ3n) is 4.31. The largest absolute Gasteiger partial charge is 0.353 e. The summed E-state index contributed by atoms with van der Waals surface area (Å²) in [5, 5.41) is 7.54. The van der Waals surface area contributed by atoms with Crippen molar-refractivity contribution in [3.63, 3.8) is 0 Å². The highest BCUT2D eigenvalue weighted by Gasteiger charge is 2.22. The van der Waals surface area contributed by atoms with E-state index in [1.165, 1.54) is 0 Å². The van der Waals surface area contributed by atoms with Crippen LogP contribution in [0, 0.1) is 13.8 Å². The average molecular weight is 328 g/mol.